The zero-order valence-corrected chi connectivity index (χ0v) is 26.2. The summed E-state index contributed by atoms with van der Waals surface area (Å²) in [5, 5.41) is 8.00. The van der Waals surface area contributed by atoms with Gasteiger partial charge in [-0.1, -0.05) is 109 Å². The van der Waals surface area contributed by atoms with E-state index in [-0.39, 0.29) is 0 Å². The van der Waals surface area contributed by atoms with Gasteiger partial charge in [0, 0.05) is 38.2 Å². The van der Waals surface area contributed by atoms with Crippen molar-refractivity contribution >= 4 is 76.5 Å². The van der Waals surface area contributed by atoms with Crippen molar-refractivity contribution < 1.29 is 4.42 Å². The molecule has 0 fully saturated rings. The molecule has 0 amide bonds. The topological polar surface area (TPSA) is 48.8 Å². The second-order valence-corrected chi connectivity index (χ2v) is 12.6. The highest BCUT2D eigenvalue weighted by atomic mass is 16.3. The third-order valence-electron chi connectivity index (χ3n) is 9.90. The molecule has 0 aliphatic carbocycles. The van der Waals surface area contributed by atoms with Gasteiger partial charge >= 0.3 is 0 Å². The molecule has 11 rings (SSSR count). The third-order valence-corrected chi connectivity index (χ3v) is 9.90. The summed E-state index contributed by atoms with van der Waals surface area (Å²) < 4.78 is 11.2. The van der Waals surface area contributed by atoms with Crippen LogP contribution in [0.3, 0.4) is 0 Å². The molecular formula is C44H26N4O. The highest BCUT2D eigenvalue weighted by Crippen LogP contribution is 2.41. The van der Waals surface area contributed by atoms with E-state index in [1.807, 2.05) is 18.2 Å². The molecule has 7 aromatic carbocycles. The number of fused-ring (bicyclic) bond motifs is 10. The maximum Gasteiger partial charge on any atom is 0.236 e. The quantitative estimate of drug-likeness (QED) is 0.196. The Kier molecular flexibility index (Phi) is 5.32. The van der Waals surface area contributed by atoms with Crippen molar-refractivity contribution in [3.05, 3.63) is 158 Å². The van der Waals surface area contributed by atoms with Crippen LogP contribution in [0.15, 0.2) is 162 Å². The minimum atomic E-state index is 0.607. The molecule has 0 radical (unpaired) electrons. The molecule has 0 aliphatic rings. The fourth-order valence-corrected chi connectivity index (χ4v) is 7.71. The Morgan fingerprint density at radius 3 is 1.76 bits per heavy atom. The van der Waals surface area contributed by atoms with Crippen molar-refractivity contribution in [2.75, 3.05) is 0 Å². The lowest BCUT2D eigenvalue weighted by molar-refractivity contribution is 0.667. The average Bonchev–Trinajstić information content (AvgIpc) is 3.80. The largest absolute Gasteiger partial charge is 0.452 e. The molecule has 0 atom stereocenters. The molecule has 11 aromatic rings. The summed E-state index contributed by atoms with van der Waals surface area (Å²) >= 11 is 0. The molecule has 4 aromatic heterocycles. The van der Waals surface area contributed by atoms with E-state index >= 15 is 0 Å². The lowest BCUT2D eigenvalue weighted by Gasteiger charge is -2.10. The van der Waals surface area contributed by atoms with E-state index in [2.05, 4.69) is 149 Å². The molecule has 0 spiro atoms. The Morgan fingerprint density at radius 1 is 0.429 bits per heavy atom. The van der Waals surface area contributed by atoms with Gasteiger partial charge in [0.2, 0.25) is 5.95 Å². The summed E-state index contributed by atoms with van der Waals surface area (Å²) in [6, 6.07) is 55.4. The average molecular weight is 627 g/mol. The molecule has 4 heterocycles. The fourth-order valence-electron chi connectivity index (χ4n) is 7.71. The van der Waals surface area contributed by atoms with Crippen LogP contribution in [0.25, 0.3) is 99.3 Å². The zero-order valence-electron chi connectivity index (χ0n) is 26.2. The maximum atomic E-state index is 6.61. The monoisotopic (exact) mass is 626 g/mol. The number of rotatable bonds is 3. The van der Waals surface area contributed by atoms with E-state index in [1.54, 1.807) is 0 Å². The van der Waals surface area contributed by atoms with Crippen molar-refractivity contribution in [3.8, 4) is 22.9 Å². The summed E-state index contributed by atoms with van der Waals surface area (Å²) in [7, 11) is 0. The van der Waals surface area contributed by atoms with Crippen LogP contribution in [0.5, 0.6) is 0 Å². The maximum absolute atomic E-state index is 6.61. The van der Waals surface area contributed by atoms with Crippen LogP contribution in [0.1, 0.15) is 0 Å². The van der Waals surface area contributed by atoms with Gasteiger partial charge in [0.25, 0.3) is 0 Å². The Hall–Kier alpha value is -6.72. The first-order valence-corrected chi connectivity index (χ1v) is 16.5. The van der Waals surface area contributed by atoms with Gasteiger partial charge in [-0.25, -0.2) is 9.97 Å². The molecule has 0 saturated carbocycles. The Balaban J connectivity index is 1.29. The van der Waals surface area contributed by atoms with Crippen molar-refractivity contribution in [1.82, 2.24) is 19.1 Å². The van der Waals surface area contributed by atoms with Gasteiger partial charge in [0.05, 0.1) is 22.1 Å². The number of hydrogen-bond acceptors (Lipinski definition) is 3. The first-order chi connectivity index (χ1) is 24.3. The summed E-state index contributed by atoms with van der Waals surface area (Å²) in [4.78, 5) is 10.7. The van der Waals surface area contributed by atoms with Crippen molar-refractivity contribution in [2.45, 2.75) is 0 Å². The van der Waals surface area contributed by atoms with Gasteiger partial charge in [-0.15, -0.1) is 0 Å². The highest BCUT2D eigenvalue weighted by molar-refractivity contribution is 6.19. The van der Waals surface area contributed by atoms with Crippen molar-refractivity contribution in [3.63, 3.8) is 0 Å². The van der Waals surface area contributed by atoms with Crippen molar-refractivity contribution in [1.29, 1.82) is 0 Å². The number of nitrogens with zero attached hydrogens (tertiary/aromatic N) is 4. The predicted octanol–water partition coefficient (Wildman–Crippen LogP) is 11.4. The smallest absolute Gasteiger partial charge is 0.236 e. The molecule has 0 bridgehead atoms. The molecule has 228 valence electrons. The van der Waals surface area contributed by atoms with E-state index in [0.717, 1.165) is 71.5 Å². The fraction of sp³-hybridized carbons (Fsp3) is 0. The lowest BCUT2D eigenvalue weighted by Crippen LogP contribution is -2.03. The number of furan rings is 1. The molecule has 5 heteroatoms. The second-order valence-electron chi connectivity index (χ2n) is 12.6. The van der Waals surface area contributed by atoms with Gasteiger partial charge in [-0.3, -0.25) is 4.57 Å². The summed E-state index contributed by atoms with van der Waals surface area (Å²) in [6.07, 6.45) is 0. The van der Waals surface area contributed by atoms with Crippen LogP contribution in [-0.2, 0) is 0 Å². The Bertz CT molecular complexity index is 3100. The standard InChI is InChI=1S/C44H26N4O/c1-3-13-27(14-4-1)41-43-42(35-23-28-15-7-8-16-29(28)24-40(35)49-43)46-44(45-41)48-37-22-12-10-20-32(37)34-25-33-31-19-9-11-21-36(31)47(38(33)26-39(34)48)30-17-5-2-6-18-30/h1-26H. The number of hydrogen-bond donors (Lipinski definition) is 0. The van der Waals surface area contributed by atoms with Gasteiger partial charge in [0.15, 0.2) is 5.58 Å². The van der Waals surface area contributed by atoms with Gasteiger partial charge in [-0.05, 0) is 59.3 Å². The molecule has 49 heavy (non-hydrogen) atoms. The summed E-state index contributed by atoms with van der Waals surface area (Å²) in [5.41, 5.74) is 9.57. The number of aromatic nitrogens is 4. The number of para-hydroxylation sites is 3. The van der Waals surface area contributed by atoms with Crippen LogP contribution in [0.4, 0.5) is 0 Å². The molecule has 5 nitrogen and oxygen atoms in total. The third kappa shape index (κ3) is 3.75. The van der Waals surface area contributed by atoms with Crippen LogP contribution in [0.2, 0.25) is 0 Å². The normalized spacial score (nSPS) is 12.1. The lowest BCUT2D eigenvalue weighted by atomic mass is 10.1. The highest BCUT2D eigenvalue weighted by Gasteiger charge is 2.23. The molecule has 0 saturated heterocycles. The summed E-state index contributed by atoms with van der Waals surface area (Å²) in [5.74, 6) is 0.607. The Morgan fingerprint density at radius 2 is 1.02 bits per heavy atom. The summed E-state index contributed by atoms with van der Waals surface area (Å²) in [6.45, 7) is 0. The predicted molar refractivity (Wildman–Crippen MR) is 201 cm³/mol. The number of benzene rings is 7. The van der Waals surface area contributed by atoms with Gasteiger partial charge < -0.3 is 8.98 Å². The Labute approximate surface area is 279 Å². The van der Waals surface area contributed by atoms with E-state index in [0.29, 0.717) is 11.5 Å². The SMILES string of the molecule is c1ccc(-c2nc(-n3c4ccccc4c4cc5c6ccccc6n(-c6ccccc6)c5cc43)nc3c2oc2cc4ccccc4cc23)cc1. The zero-order chi connectivity index (χ0) is 32.1. The molecule has 0 unspecified atom stereocenters. The van der Waals surface area contributed by atoms with Crippen LogP contribution in [-0.4, -0.2) is 19.1 Å². The minimum Gasteiger partial charge on any atom is -0.452 e. The first kappa shape index (κ1) is 26.4. The van der Waals surface area contributed by atoms with Crippen molar-refractivity contribution in [2.24, 2.45) is 0 Å². The molecular weight excluding hydrogens is 601 g/mol. The van der Waals surface area contributed by atoms with Crippen LogP contribution < -0.4 is 0 Å². The van der Waals surface area contributed by atoms with Crippen LogP contribution in [0, 0.1) is 0 Å². The molecule has 0 aliphatic heterocycles. The van der Waals surface area contributed by atoms with E-state index in [4.69, 9.17) is 14.4 Å². The minimum absolute atomic E-state index is 0.607. The molecule has 0 N–H and O–H groups in total. The first-order valence-electron chi connectivity index (χ1n) is 16.5. The second kappa shape index (κ2) is 9.89. The van der Waals surface area contributed by atoms with Gasteiger partial charge in [0.1, 0.15) is 16.8 Å². The van der Waals surface area contributed by atoms with Gasteiger partial charge in [-0.2, -0.15) is 0 Å². The van der Waals surface area contributed by atoms with E-state index in [9.17, 15) is 0 Å². The van der Waals surface area contributed by atoms with Crippen LogP contribution >= 0.6 is 0 Å². The van der Waals surface area contributed by atoms with E-state index in [1.165, 1.54) is 16.3 Å². The van der Waals surface area contributed by atoms with E-state index < -0.39 is 0 Å².